The number of nitriles is 1. The first-order valence-electron chi connectivity index (χ1n) is 6.05. The number of furan rings is 1. The number of hydrogen-bond donors (Lipinski definition) is 1. The van der Waals surface area contributed by atoms with Crippen molar-refractivity contribution in [1.82, 2.24) is 0 Å². The van der Waals surface area contributed by atoms with Crippen LogP contribution in [-0.4, -0.2) is 13.0 Å². The van der Waals surface area contributed by atoms with E-state index >= 15 is 0 Å². The normalized spacial score (nSPS) is 10.9. The standard InChI is InChI=1S/C15H10BrIN2O3/c1-21-11-4-2-10(3-5-11)19-15(20)9(8-18)6-12-7-13(16)14(17)22-12/h2-7H,1H3,(H,19,20)/b9-6+. The molecule has 0 aliphatic rings. The van der Waals surface area contributed by atoms with Crippen molar-refractivity contribution < 1.29 is 13.9 Å². The molecule has 0 bridgehead atoms. The lowest BCUT2D eigenvalue weighted by Gasteiger charge is -2.05. The van der Waals surface area contributed by atoms with Gasteiger partial charge in [0.05, 0.1) is 11.6 Å². The fraction of sp³-hybridized carbons (Fsp3) is 0.0667. The molecule has 0 saturated heterocycles. The van der Waals surface area contributed by atoms with Gasteiger partial charge in [-0.3, -0.25) is 4.79 Å². The number of nitrogens with zero attached hydrogens (tertiary/aromatic N) is 1. The van der Waals surface area contributed by atoms with Gasteiger partial charge in [-0.2, -0.15) is 5.26 Å². The van der Waals surface area contributed by atoms with Gasteiger partial charge in [-0.05, 0) is 46.3 Å². The van der Waals surface area contributed by atoms with Crippen LogP contribution in [0.4, 0.5) is 5.69 Å². The molecule has 0 saturated carbocycles. The Balaban J connectivity index is 2.16. The van der Waals surface area contributed by atoms with Gasteiger partial charge in [0.15, 0.2) is 3.77 Å². The number of halogens is 2. The van der Waals surface area contributed by atoms with Crippen molar-refractivity contribution in [1.29, 1.82) is 5.26 Å². The van der Waals surface area contributed by atoms with Crippen molar-refractivity contribution in [2.24, 2.45) is 0 Å². The predicted molar refractivity (Wildman–Crippen MR) is 94.3 cm³/mol. The third-order valence-corrected chi connectivity index (χ3v) is 4.80. The fourth-order valence-corrected chi connectivity index (χ4v) is 2.31. The Morgan fingerprint density at radius 3 is 2.64 bits per heavy atom. The van der Waals surface area contributed by atoms with Gasteiger partial charge in [-0.15, -0.1) is 0 Å². The van der Waals surface area contributed by atoms with E-state index in [1.54, 1.807) is 37.4 Å². The van der Waals surface area contributed by atoms with E-state index in [1.807, 2.05) is 28.7 Å². The van der Waals surface area contributed by atoms with Crippen LogP contribution in [0.15, 0.2) is 44.8 Å². The van der Waals surface area contributed by atoms with Crippen molar-refractivity contribution in [3.8, 4) is 11.8 Å². The first-order chi connectivity index (χ1) is 10.5. The van der Waals surface area contributed by atoms with Gasteiger partial charge < -0.3 is 14.5 Å². The van der Waals surface area contributed by atoms with Gasteiger partial charge >= 0.3 is 0 Å². The SMILES string of the molecule is COc1ccc(NC(=O)/C(C#N)=C/c2cc(Br)c(I)o2)cc1. The maximum atomic E-state index is 12.1. The monoisotopic (exact) mass is 472 g/mol. The second kappa shape index (κ2) is 7.47. The number of benzene rings is 1. The molecule has 1 aromatic carbocycles. The molecule has 0 atom stereocenters. The van der Waals surface area contributed by atoms with Crippen molar-refractivity contribution >= 4 is 56.2 Å². The van der Waals surface area contributed by atoms with Gasteiger partial charge in [-0.25, -0.2) is 0 Å². The van der Waals surface area contributed by atoms with E-state index in [4.69, 9.17) is 14.4 Å². The summed E-state index contributed by atoms with van der Waals surface area (Å²) < 4.78 is 11.9. The molecule has 1 aromatic heterocycles. The minimum absolute atomic E-state index is 0.0477. The molecule has 22 heavy (non-hydrogen) atoms. The van der Waals surface area contributed by atoms with E-state index in [0.29, 0.717) is 21.0 Å². The van der Waals surface area contributed by atoms with Gasteiger partial charge in [0.2, 0.25) is 0 Å². The summed E-state index contributed by atoms with van der Waals surface area (Å²) in [5, 5.41) is 11.8. The molecule has 2 rings (SSSR count). The number of ether oxygens (including phenoxy) is 1. The van der Waals surface area contributed by atoms with Crippen molar-refractivity contribution in [3.05, 3.63) is 49.9 Å². The van der Waals surface area contributed by atoms with Crippen LogP contribution in [0, 0.1) is 15.1 Å². The molecule has 0 aliphatic carbocycles. The molecular formula is C15H10BrIN2O3. The zero-order valence-corrected chi connectivity index (χ0v) is 15.1. The Bertz CT molecular complexity index is 741. The quantitative estimate of drug-likeness (QED) is 0.411. The summed E-state index contributed by atoms with van der Waals surface area (Å²) >= 11 is 5.31. The van der Waals surface area contributed by atoms with Crippen LogP contribution < -0.4 is 10.1 Å². The van der Waals surface area contributed by atoms with Gasteiger partial charge in [0.1, 0.15) is 23.2 Å². The number of carbonyl (C=O) groups excluding carboxylic acids is 1. The van der Waals surface area contributed by atoms with Gasteiger partial charge in [-0.1, -0.05) is 0 Å². The third kappa shape index (κ3) is 4.11. The number of anilines is 1. The average Bonchev–Trinajstić information content (AvgIpc) is 2.83. The highest BCUT2D eigenvalue weighted by molar-refractivity contribution is 14.1. The number of nitrogens with one attached hydrogen (secondary N) is 1. The minimum Gasteiger partial charge on any atom is -0.497 e. The molecule has 0 unspecified atom stereocenters. The van der Waals surface area contributed by atoms with E-state index in [9.17, 15) is 4.79 Å². The number of rotatable bonds is 4. The van der Waals surface area contributed by atoms with Crippen LogP contribution >= 0.6 is 38.5 Å². The zero-order chi connectivity index (χ0) is 16.1. The van der Waals surface area contributed by atoms with Crippen LogP contribution in [0.1, 0.15) is 5.76 Å². The molecule has 0 spiro atoms. The lowest BCUT2D eigenvalue weighted by Crippen LogP contribution is -2.13. The molecular weight excluding hydrogens is 463 g/mol. The summed E-state index contributed by atoms with van der Waals surface area (Å²) in [6.45, 7) is 0. The molecule has 0 fully saturated rings. The number of hydrogen-bond acceptors (Lipinski definition) is 4. The van der Waals surface area contributed by atoms with Crippen molar-refractivity contribution in [2.45, 2.75) is 0 Å². The third-order valence-electron chi connectivity index (χ3n) is 2.66. The van der Waals surface area contributed by atoms with Crippen LogP contribution in [0.25, 0.3) is 6.08 Å². The summed E-state index contributed by atoms with van der Waals surface area (Å²) in [4.78, 5) is 12.1. The zero-order valence-electron chi connectivity index (χ0n) is 11.4. The molecule has 2 aromatic rings. The summed E-state index contributed by atoms with van der Waals surface area (Å²) in [5.74, 6) is 0.608. The van der Waals surface area contributed by atoms with Crippen molar-refractivity contribution in [3.63, 3.8) is 0 Å². The second-order valence-corrected chi connectivity index (χ2v) is 5.96. The summed E-state index contributed by atoms with van der Waals surface area (Å²) in [7, 11) is 1.56. The lowest BCUT2D eigenvalue weighted by molar-refractivity contribution is -0.112. The Morgan fingerprint density at radius 2 is 2.14 bits per heavy atom. The first-order valence-corrected chi connectivity index (χ1v) is 7.92. The molecule has 7 heteroatoms. The predicted octanol–water partition coefficient (Wildman–Crippen LogP) is 4.20. The highest BCUT2D eigenvalue weighted by Gasteiger charge is 2.12. The molecule has 1 N–H and O–H groups in total. The van der Waals surface area contributed by atoms with E-state index in [0.717, 1.165) is 4.47 Å². The number of methoxy groups -OCH3 is 1. The molecule has 5 nitrogen and oxygen atoms in total. The highest BCUT2D eigenvalue weighted by Crippen LogP contribution is 2.24. The van der Waals surface area contributed by atoms with Gasteiger partial charge in [0.25, 0.3) is 5.91 Å². The fourth-order valence-electron chi connectivity index (χ4n) is 1.60. The maximum Gasteiger partial charge on any atom is 0.266 e. The summed E-state index contributed by atoms with van der Waals surface area (Å²) in [6.07, 6.45) is 1.39. The molecule has 0 aliphatic heterocycles. The lowest BCUT2D eigenvalue weighted by atomic mass is 10.2. The van der Waals surface area contributed by atoms with Gasteiger partial charge in [0, 0.05) is 34.4 Å². The largest absolute Gasteiger partial charge is 0.497 e. The van der Waals surface area contributed by atoms with E-state index in [1.165, 1.54) is 6.08 Å². The minimum atomic E-state index is -0.504. The second-order valence-electron chi connectivity index (χ2n) is 4.12. The molecule has 1 amide bonds. The summed E-state index contributed by atoms with van der Waals surface area (Å²) in [6, 6.07) is 10.4. The number of amides is 1. The van der Waals surface area contributed by atoms with Crippen LogP contribution in [0.5, 0.6) is 5.75 Å². The van der Waals surface area contributed by atoms with E-state index < -0.39 is 5.91 Å². The smallest absolute Gasteiger partial charge is 0.266 e. The molecule has 112 valence electrons. The van der Waals surface area contributed by atoms with E-state index in [-0.39, 0.29) is 5.57 Å². The molecule has 0 radical (unpaired) electrons. The molecule has 1 heterocycles. The Hall–Kier alpha value is -1.79. The highest BCUT2D eigenvalue weighted by atomic mass is 127. The van der Waals surface area contributed by atoms with Crippen molar-refractivity contribution in [2.75, 3.05) is 12.4 Å². The first kappa shape index (κ1) is 16.6. The maximum absolute atomic E-state index is 12.1. The van der Waals surface area contributed by atoms with E-state index in [2.05, 4.69) is 21.2 Å². The summed E-state index contributed by atoms with van der Waals surface area (Å²) in [5.41, 5.74) is 0.524. The Kier molecular flexibility index (Phi) is 5.63. The topological polar surface area (TPSA) is 75.3 Å². The van der Waals surface area contributed by atoms with Crippen LogP contribution in [0.3, 0.4) is 0 Å². The number of carbonyl (C=O) groups is 1. The van der Waals surface area contributed by atoms with Crippen LogP contribution in [0.2, 0.25) is 0 Å². The Morgan fingerprint density at radius 1 is 1.45 bits per heavy atom. The Labute approximate surface area is 149 Å². The average molecular weight is 473 g/mol. The van der Waals surface area contributed by atoms with Crippen LogP contribution in [-0.2, 0) is 4.79 Å².